The SMILES string of the molecule is CCOc1cc(C=Nc2oc(-c3ccc(OC)cc3)c(-c3ccc(OC)cc3)c2C#N)cc(Br)c1OCc1ccc([N+](=O)[O-])cc1. The Balaban J connectivity index is 1.49. The van der Waals surface area contributed by atoms with Crippen LogP contribution in [0.15, 0.2) is 98.8 Å². The van der Waals surface area contributed by atoms with Gasteiger partial charge in [0.2, 0.25) is 5.88 Å². The fourth-order valence-corrected chi connectivity index (χ4v) is 5.23. The molecule has 1 heterocycles. The Morgan fingerprint density at radius 1 is 0.935 bits per heavy atom. The van der Waals surface area contributed by atoms with Gasteiger partial charge in [0, 0.05) is 29.5 Å². The molecule has 4 aromatic carbocycles. The summed E-state index contributed by atoms with van der Waals surface area (Å²) >= 11 is 3.57. The van der Waals surface area contributed by atoms with Gasteiger partial charge in [0.1, 0.15) is 35.5 Å². The van der Waals surface area contributed by atoms with Crippen molar-refractivity contribution in [2.75, 3.05) is 20.8 Å². The van der Waals surface area contributed by atoms with Gasteiger partial charge in [-0.05, 0) is 100 Å². The normalized spacial score (nSPS) is 10.8. The molecule has 0 aliphatic heterocycles. The minimum absolute atomic E-state index is 0.00642. The number of methoxy groups -OCH3 is 2. The first-order chi connectivity index (χ1) is 22.3. The van der Waals surface area contributed by atoms with Crippen LogP contribution in [0.5, 0.6) is 23.0 Å². The van der Waals surface area contributed by atoms with Gasteiger partial charge in [-0.15, -0.1) is 0 Å². The lowest BCUT2D eigenvalue weighted by molar-refractivity contribution is -0.384. The highest BCUT2D eigenvalue weighted by molar-refractivity contribution is 9.10. The summed E-state index contributed by atoms with van der Waals surface area (Å²) in [6.45, 7) is 2.41. The van der Waals surface area contributed by atoms with Crippen LogP contribution in [0.25, 0.3) is 22.5 Å². The molecule has 0 radical (unpaired) electrons. The second-order valence-electron chi connectivity index (χ2n) is 9.79. The van der Waals surface area contributed by atoms with Crippen LogP contribution in [-0.4, -0.2) is 32.0 Å². The van der Waals surface area contributed by atoms with E-state index in [1.807, 2.05) is 55.5 Å². The van der Waals surface area contributed by atoms with Crippen LogP contribution in [0.1, 0.15) is 23.6 Å². The van der Waals surface area contributed by atoms with Gasteiger partial charge in [-0.1, -0.05) is 12.1 Å². The molecule has 0 aliphatic carbocycles. The van der Waals surface area contributed by atoms with Crippen molar-refractivity contribution in [1.29, 1.82) is 5.26 Å². The largest absolute Gasteiger partial charge is 0.497 e. The molecule has 5 aromatic rings. The molecule has 46 heavy (non-hydrogen) atoms. The van der Waals surface area contributed by atoms with Crippen LogP contribution in [-0.2, 0) is 6.61 Å². The summed E-state index contributed by atoms with van der Waals surface area (Å²) in [5.74, 6) is 2.95. The molecule has 0 amide bonds. The number of ether oxygens (including phenoxy) is 4. The predicted molar refractivity (Wildman–Crippen MR) is 177 cm³/mol. The number of hydrogen-bond donors (Lipinski definition) is 0. The van der Waals surface area contributed by atoms with Crippen LogP contribution in [0.3, 0.4) is 0 Å². The van der Waals surface area contributed by atoms with Crippen molar-refractivity contribution < 1.29 is 28.3 Å². The van der Waals surface area contributed by atoms with E-state index in [4.69, 9.17) is 23.4 Å². The zero-order valence-corrected chi connectivity index (χ0v) is 26.7. The number of nitriles is 1. The number of hydrogen-bond acceptors (Lipinski definition) is 9. The van der Waals surface area contributed by atoms with Gasteiger partial charge >= 0.3 is 0 Å². The molecule has 0 unspecified atom stereocenters. The van der Waals surface area contributed by atoms with Gasteiger partial charge in [0.05, 0.1) is 30.2 Å². The van der Waals surface area contributed by atoms with Gasteiger partial charge in [0.25, 0.3) is 5.69 Å². The molecule has 10 nitrogen and oxygen atoms in total. The molecule has 0 spiro atoms. The van der Waals surface area contributed by atoms with E-state index in [0.29, 0.717) is 51.0 Å². The third-order valence-corrected chi connectivity index (χ3v) is 7.51. The number of nitro groups is 1. The summed E-state index contributed by atoms with van der Waals surface area (Å²) in [4.78, 5) is 15.1. The van der Waals surface area contributed by atoms with E-state index in [9.17, 15) is 15.4 Å². The molecule has 0 bridgehead atoms. The highest BCUT2D eigenvalue weighted by atomic mass is 79.9. The average Bonchev–Trinajstić information content (AvgIpc) is 3.45. The quantitative estimate of drug-likeness (QED) is 0.0725. The van der Waals surface area contributed by atoms with Crippen LogP contribution in [0.4, 0.5) is 11.6 Å². The summed E-state index contributed by atoms with van der Waals surface area (Å²) in [6, 6.07) is 26.7. The van der Waals surface area contributed by atoms with E-state index >= 15 is 0 Å². The summed E-state index contributed by atoms with van der Waals surface area (Å²) in [5, 5.41) is 21.3. The van der Waals surface area contributed by atoms with Crippen molar-refractivity contribution in [3.05, 3.63) is 116 Å². The van der Waals surface area contributed by atoms with E-state index in [0.717, 1.165) is 16.7 Å². The first-order valence-corrected chi connectivity index (χ1v) is 14.9. The number of non-ortho nitro benzene ring substituents is 1. The van der Waals surface area contributed by atoms with Crippen LogP contribution in [0, 0.1) is 21.4 Å². The van der Waals surface area contributed by atoms with E-state index in [-0.39, 0.29) is 23.7 Å². The fraction of sp³-hybridized carbons (Fsp3) is 0.143. The lowest BCUT2D eigenvalue weighted by Crippen LogP contribution is -2.01. The lowest BCUT2D eigenvalue weighted by atomic mass is 9.98. The Hall–Kier alpha value is -5.60. The van der Waals surface area contributed by atoms with E-state index in [1.54, 1.807) is 44.7 Å². The Kier molecular flexibility index (Phi) is 10.00. The van der Waals surface area contributed by atoms with Crippen molar-refractivity contribution >= 4 is 33.7 Å². The molecule has 0 saturated carbocycles. The zero-order chi connectivity index (χ0) is 32.6. The Morgan fingerprint density at radius 2 is 1.57 bits per heavy atom. The van der Waals surface area contributed by atoms with Gasteiger partial charge < -0.3 is 23.4 Å². The third kappa shape index (κ3) is 7.03. The number of benzene rings is 4. The standard InChI is InChI=1S/C35H28BrN3O7/c1-4-44-31-18-23(17-30(36)34(31)45-21-22-5-11-26(12-6-22)39(40)41)20-38-35-29(19-37)32(24-7-13-27(42-2)14-8-24)33(46-35)25-9-15-28(43-3)16-10-25/h5-18,20H,4,21H2,1-3H3. The first-order valence-electron chi connectivity index (χ1n) is 14.1. The minimum atomic E-state index is -0.448. The van der Waals surface area contributed by atoms with Crippen molar-refractivity contribution in [1.82, 2.24) is 0 Å². The molecule has 0 saturated heterocycles. The third-order valence-electron chi connectivity index (χ3n) is 6.93. The molecule has 0 N–H and O–H groups in total. The van der Waals surface area contributed by atoms with Gasteiger partial charge in [-0.2, -0.15) is 5.26 Å². The minimum Gasteiger partial charge on any atom is -0.497 e. The molecular weight excluding hydrogens is 654 g/mol. The molecule has 11 heteroatoms. The summed E-state index contributed by atoms with van der Waals surface area (Å²) in [7, 11) is 3.19. The maximum Gasteiger partial charge on any atom is 0.269 e. The van der Waals surface area contributed by atoms with Crippen LogP contribution >= 0.6 is 15.9 Å². The monoisotopic (exact) mass is 681 g/mol. The molecule has 5 rings (SSSR count). The van der Waals surface area contributed by atoms with Crippen LogP contribution in [0.2, 0.25) is 0 Å². The van der Waals surface area contributed by atoms with Gasteiger partial charge in [-0.3, -0.25) is 10.1 Å². The highest BCUT2D eigenvalue weighted by Crippen LogP contribution is 2.43. The van der Waals surface area contributed by atoms with Gasteiger partial charge in [-0.25, -0.2) is 4.99 Å². The molecule has 232 valence electrons. The van der Waals surface area contributed by atoms with Crippen molar-refractivity contribution in [2.45, 2.75) is 13.5 Å². The maximum atomic E-state index is 11.0. The second kappa shape index (κ2) is 14.5. The van der Waals surface area contributed by atoms with Gasteiger partial charge in [0.15, 0.2) is 11.5 Å². The number of nitro benzene ring substituents is 1. The number of aliphatic imine (C=N–C) groups is 1. The topological polar surface area (TPSA) is 129 Å². The number of rotatable bonds is 12. The average molecular weight is 683 g/mol. The van der Waals surface area contributed by atoms with E-state index < -0.39 is 4.92 Å². The summed E-state index contributed by atoms with van der Waals surface area (Å²) in [6.07, 6.45) is 1.59. The fourth-order valence-electron chi connectivity index (χ4n) is 4.66. The lowest BCUT2D eigenvalue weighted by Gasteiger charge is -2.14. The summed E-state index contributed by atoms with van der Waals surface area (Å²) in [5.41, 5.74) is 3.83. The van der Waals surface area contributed by atoms with E-state index in [1.165, 1.54) is 12.1 Å². The molecule has 0 atom stereocenters. The smallest absolute Gasteiger partial charge is 0.269 e. The van der Waals surface area contributed by atoms with Crippen molar-refractivity contribution in [2.24, 2.45) is 4.99 Å². The van der Waals surface area contributed by atoms with Crippen molar-refractivity contribution in [3.8, 4) is 51.5 Å². The maximum absolute atomic E-state index is 11.0. The molecular formula is C35H28BrN3O7. The number of halogens is 1. The molecule has 0 aliphatic rings. The second-order valence-corrected chi connectivity index (χ2v) is 10.6. The Labute approximate surface area is 273 Å². The zero-order valence-electron chi connectivity index (χ0n) is 25.2. The highest BCUT2D eigenvalue weighted by Gasteiger charge is 2.23. The predicted octanol–water partition coefficient (Wildman–Crippen LogP) is 8.90. The van der Waals surface area contributed by atoms with E-state index in [2.05, 4.69) is 27.0 Å². The Bertz CT molecular complexity index is 1910. The van der Waals surface area contributed by atoms with Crippen molar-refractivity contribution in [3.63, 3.8) is 0 Å². The molecule has 0 fully saturated rings. The molecule has 1 aromatic heterocycles. The summed E-state index contributed by atoms with van der Waals surface area (Å²) < 4.78 is 29.4. The number of nitrogens with zero attached hydrogens (tertiary/aromatic N) is 3. The Morgan fingerprint density at radius 3 is 2.13 bits per heavy atom. The number of furan rings is 1. The van der Waals surface area contributed by atoms with Crippen LogP contribution < -0.4 is 18.9 Å². The first kappa shape index (κ1) is 31.8.